The molecule has 0 atom stereocenters. The largest absolute Gasteiger partial charge is 1.00 e. The predicted octanol–water partition coefficient (Wildman–Crippen LogP) is 3.19. The van der Waals surface area contributed by atoms with E-state index in [1.807, 2.05) is 67.0 Å². The summed E-state index contributed by atoms with van der Waals surface area (Å²) in [6, 6.07) is 19.5. The number of pyridine rings is 1. The number of allylic oxidation sites excluding steroid dienone is 1. The second-order valence-corrected chi connectivity index (χ2v) is 8.16. The lowest BCUT2D eigenvalue weighted by Crippen LogP contribution is -3.00. The van der Waals surface area contributed by atoms with E-state index in [1.165, 1.54) is 5.56 Å². The molecule has 4 aromatic rings. The van der Waals surface area contributed by atoms with E-state index in [4.69, 9.17) is 4.42 Å². The molecule has 29 heavy (non-hydrogen) atoms. The van der Waals surface area contributed by atoms with Crippen LogP contribution in [0.4, 0.5) is 0 Å². The third-order valence-electron chi connectivity index (χ3n) is 4.34. The maximum Gasteiger partial charge on any atom is 0.221 e. The number of furan rings is 1. The zero-order valence-electron chi connectivity index (χ0n) is 15.2. The van der Waals surface area contributed by atoms with Crippen LogP contribution in [-0.2, 0) is 6.54 Å². The number of carbonyl (C=O) groups excluding carboxylic acids is 1. The molecule has 2 aromatic heterocycles. The molecule has 3 nitrogen and oxygen atoms in total. The van der Waals surface area contributed by atoms with E-state index in [9.17, 15) is 4.79 Å². The van der Waals surface area contributed by atoms with Crippen LogP contribution in [0.25, 0.3) is 17.0 Å². The Morgan fingerprint density at radius 2 is 1.86 bits per heavy atom. The van der Waals surface area contributed by atoms with Crippen LogP contribution < -0.4 is 21.5 Å². The molecule has 0 bridgehead atoms. The maximum absolute atomic E-state index is 12.5. The van der Waals surface area contributed by atoms with Crippen molar-refractivity contribution in [3.05, 3.63) is 105 Å². The first-order valence-corrected chi connectivity index (χ1v) is 10.3. The lowest BCUT2D eigenvalue weighted by Gasteiger charge is -2.01. The fourth-order valence-corrected chi connectivity index (χ4v) is 3.74. The number of carbonyl (C=O) groups is 1. The zero-order chi connectivity index (χ0) is 19.5. The molecule has 0 N–H and O–H groups in total. The van der Waals surface area contributed by atoms with Crippen molar-refractivity contribution in [3.63, 3.8) is 0 Å². The summed E-state index contributed by atoms with van der Waals surface area (Å²) in [6.45, 7) is 0.746. The fraction of sp³-hybridized carbons (Fsp3) is 0.0435. The number of nitrogens with zero attached hydrogens (tertiary/aromatic N) is 1. The molecule has 146 valence electrons. The molecule has 2 heterocycles. The van der Waals surface area contributed by atoms with Gasteiger partial charge in [-0.2, -0.15) is 0 Å². The molecule has 0 amide bonds. The molecule has 6 heteroatoms. The van der Waals surface area contributed by atoms with Gasteiger partial charge in [0.05, 0.1) is 0 Å². The minimum Gasteiger partial charge on any atom is -1.00 e. The van der Waals surface area contributed by atoms with Gasteiger partial charge in [0.2, 0.25) is 5.78 Å². The summed E-state index contributed by atoms with van der Waals surface area (Å²) < 4.78 is 9.78. The van der Waals surface area contributed by atoms with Crippen LogP contribution in [0.1, 0.15) is 21.7 Å². The Morgan fingerprint density at radius 1 is 1.03 bits per heavy atom. The summed E-state index contributed by atoms with van der Waals surface area (Å²) in [5, 5.41) is 0.900. The van der Waals surface area contributed by atoms with Crippen molar-refractivity contribution in [2.45, 2.75) is 6.54 Å². The molecule has 0 aliphatic rings. The van der Waals surface area contributed by atoms with E-state index in [-0.39, 0.29) is 22.8 Å². The highest BCUT2D eigenvalue weighted by molar-refractivity contribution is 9.10. The summed E-state index contributed by atoms with van der Waals surface area (Å²) >= 11 is 7.01. The Morgan fingerprint density at radius 3 is 2.69 bits per heavy atom. The predicted molar refractivity (Wildman–Crippen MR) is 117 cm³/mol. The van der Waals surface area contributed by atoms with Crippen molar-refractivity contribution in [3.8, 4) is 0 Å². The summed E-state index contributed by atoms with van der Waals surface area (Å²) in [5.41, 5.74) is 2.84. The molecule has 4 rings (SSSR count). The highest BCUT2D eigenvalue weighted by Gasteiger charge is 2.11. The average Bonchev–Trinajstić information content (AvgIpc) is 3.11. The van der Waals surface area contributed by atoms with Crippen molar-refractivity contribution in [1.29, 1.82) is 0 Å². The maximum atomic E-state index is 12.5. The van der Waals surface area contributed by atoms with Gasteiger partial charge in [-0.25, -0.2) is 4.57 Å². The van der Waals surface area contributed by atoms with E-state index in [0.29, 0.717) is 11.3 Å². The van der Waals surface area contributed by atoms with Gasteiger partial charge in [0.25, 0.3) is 0 Å². The molecule has 2 aromatic carbocycles. The second-order valence-electron chi connectivity index (χ2n) is 6.39. The van der Waals surface area contributed by atoms with Crippen molar-refractivity contribution in [1.82, 2.24) is 0 Å². The fourth-order valence-electron chi connectivity index (χ4n) is 2.95. The van der Waals surface area contributed by atoms with Crippen LogP contribution in [0.15, 0.2) is 92.5 Å². The van der Waals surface area contributed by atoms with Gasteiger partial charge in [0.1, 0.15) is 5.58 Å². The molecule has 0 saturated carbocycles. The van der Waals surface area contributed by atoms with E-state index >= 15 is 0 Å². The number of halogens is 3. The molecular formula is C23H16Br3NO2. The Balaban J connectivity index is 0.00000240. The Bertz CT molecular complexity index is 1200. The molecule has 0 fully saturated rings. The smallest absolute Gasteiger partial charge is 0.221 e. The van der Waals surface area contributed by atoms with Crippen LogP contribution in [0.3, 0.4) is 0 Å². The highest BCUT2D eigenvalue weighted by atomic mass is 79.9. The SMILES string of the molecule is O=C(/C=C/c1ccc[n+](Cc2ccccc2Br)c1)c1cc2cc(Br)ccc2o1.[Br-]. The molecule has 0 aliphatic carbocycles. The minimum atomic E-state index is -0.159. The van der Waals surface area contributed by atoms with E-state index < -0.39 is 0 Å². The minimum absolute atomic E-state index is 0. The molecule has 0 spiro atoms. The van der Waals surface area contributed by atoms with Gasteiger partial charge < -0.3 is 21.4 Å². The summed E-state index contributed by atoms with van der Waals surface area (Å²) in [6.07, 6.45) is 7.38. The van der Waals surface area contributed by atoms with Gasteiger partial charge >= 0.3 is 0 Å². The van der Waals surface area contributed by atoms with Crippen molar-refractivity contribution in [2.75, 3.05) is 0 Å². The van der Waals surface area contributed by atoms with E-state index in [2.05, 4.69) is 42.5 Å². The van der Waals surface area contributed by atoms with Gasteiger partial charge in [-0.05, 0) is 48.6 Å². The normalized spacial score (nSPS) is 11.0. The zero-order valence-corrected chi connectivity index (χ0v) is 19.9. The van der Waals surface area contributed by atoms with Crippen molar-refractivity contribution in [2.24, 2.45) is 0 Å². The molecular weight excluding hydrogens is 562 g/mol. The van der Waals surface area contributed by atoms with Gasteiger partial charge in [0, 0.05) is 31.5 Å². The molecule has 0 aliphatic heterocycles. The average molecular weight is 578 g/mol. The number of benzene rings is 2. The first kappa shape index (κ1) is 21.7. The quantitative estimate of drug-likeness (QED) is 0.207. The summed E-state index contributed by atoms with van der Waals surface area (Å²) in [4.78, 5) is 12.5. The van der Waals surface area contributed by atoms with E-state index in [0.717, 1.165) is 26.4 Å². The van der Waals surface area contributed by atoms with Crippen LogP contribution >= 0.6 is 31.9 Å². The molecule has 0 saturated heterocycles. The third kappa shape index (κ3) is 5.32. The van der Waals surface area contributed by atoms with Crippen molar-refractivity contribution >= 4 is 54.7 Å². The standard InChI is InChI=1S/C23H16Br2NO2.BrH/c24-19-8-10-22-18(12-19)13-23(28-22)21(27)9-7-16-4-3-11-26(14-16)15-17-5-1-2-6-20(17)25;/h1-14H,15H2;1H/q+1;/p-1/b9-7+;. The van der Waals surface area contributed by atoms with Crippen LogP contribution in [0, 0.1) is 0 Å². The first-order valence-electron chi connectivity index (χ1n) is 8.72. The van der Waals surface area contributed by atoms with E-state index in [1.54, 1.807) is 12.1 Å². The molecule has 0 unspecified atom stereocenters. The number of aromatic nitrogens is 1. The number of rotatable bonds is 5. The Labute approximate surface area is 196 Å². The lowest BCUT2D eigenvalue weighted by molar-refractivity contribution is -0.688. The van der Waals surface area contributed by atoms with Gasteiger partial charge in [0.15, 0.2) is 24.7 Å². The number of hydrogen-bond donors (Lipinski definition) is 0. The number of fused-ring (bicyclic) bond motifs is 1. The van der Waals surface area contributed by atoms with Crippen LogP contribution in [-0.4, -0.2) is 5.78 Å². The lowest BCUT2D eigenvalue weighted by atomic mass is 10.2. The topological polar surface area (TPSA) is 34.1 Å². The first-order chi connectivity index (χ1) is 13.6. The third-order valence-corrected chi connectivity index (χ3v) is 5.61. The summed E-state index contributed by atoms with van der Waals surface area (Å²) in [7, 11) is 0. The monoisotopic (exact) mass is 575 g/mol. The Kier molecular flexibility index (Phi) is 7.22. The molecule has 0 radical (unpaired) electrons. The van der Waals surface area contributed by atoms with Gasteiger partial charge in [-0.1, -0.05) is 50.1 Å². The number of hydrogen-bond acceptors (Lipinski definition) is 2. The van der Waals surface area contributed by atoms with Crippen LogP contribution in [0.5, 0.6) is 0 Å². The second kappa shape index (κ2) is 9.65. The van der Waals surface area contributed by atoms with Gasteiger partial charge in [-0.15, -0.1) is 0 Å². The Hall–Kier alpha value is -2.02. The number of ketones is 1. The summed E-state index contributed by atoms with van der Waals surface area (Å²) in [5.74, 6) is 0.176. The van der Waals surface area contributed by atoms with Crippen molar-refractivity contribution < 1.29 is 30.8 Å². The van der Waals surface area contributed by atoms with Crippen LogP contribution in [0.2, 0.25) is 0 Å². The van der Waals surface area contributed by atoms with Gasteiger partial charge in [-0.3, -0.25) is 4.79 Å². The highest BCUT2D eigenvalue weighted by Crippen LogP contribution is 2.24.